The van der Waals surface area contributed by atoms with Crippen molar-refractivity contribution in [2.45, 2.75) is 6.42 Å². The number of hydrogen-bond acceptors (Lipinski definition) is 4. The van der Waals surface area contributed by atoms with Crippen molar-refractivity contribution in [1.82, 2.24) is 0 Å². The number of rotatable bonds is 4. The first-order valence-electron chi connectivity index (χ1n) is 8.17. The quantitative estimate of drug-likeness (QED) is 0.582. The topological polar surface area (TPSA) is 84.5 Å². The van der Waals surface area contributed by atoms with E-state index in [9.17, 15) is 25.0 Å². The second-order valence-electron chi connectivity index (χ2n) is 5.95. The highest BCUT2D eigenvalue weighted by Gasteiger charge is 2.16. The van der Waals surface area contributed by atoms with Crippen LogP contribution in [-0.4, -0.2) is 15.3 Å². The Balaban J connectivity index is 2.32. The van der Waals surface area contributed by atoms with E-state index in [0.717, 1.165) is 11.1 Å². The molecule has 0 heterocycles. The van der Waals surface area contributed by atoms with Crippen LogP contribution in [0.3, 0.4) is 0 Å². The molecule has 3 aromatic rings. The fourth-order valence-electron chi connectivity index (χ4n) is 2.88. The molecule has 0 aliphatic heterocycles. The SMILES string of the molecule is N#CCC(=C(c1ccc(O)cc1)c1ccc(O)cc1)c1ccc(O)c(F)c1. The summed E-state index contributed by atoms with van der Waals surface area (Å²) in [6.07, 6.45) is 0.00129. The highest BCUT2D eigenvalue weighted by atomic mass is 19.1. The molecule has 0 spiro atoms. The molecule has 0 radical (unpaired) electrons. The zero-order valence-electron chi connectivity index (χ0n) is 14.2. The summed E-state index contributed by atoms with van der Waals surface area (Å²) in [5.41, 5.74) is 3.13. The van der Waals surface area contributed by atoms with Gasteiger partial charge in [-0.25, -0.2) is 4.39 Å². The monoisotopic (exact) mass is 361 g/mol. The van der Waals surface area contributed by atoms with Crippen LogP contribution in [0.2, 0.25) is 0 Å². The van der Waals surface area contributed by atoms with Gasteiger partial charge in [-0.15, -0.1) is 0 Å². The Morgan fingerprint density at radius 1 is 0.778 bits per heavy atom. The molecule has 27 heavy (non-hydrogen) atoms. The lowest BCUT2D eigenvalue weighted by atomic mass is 9.88. The van der Waals surface area contributed by atoms with Crippen LogP contribution in [0.25, 0.3) is 11.1 Å². The molecule has 0 fully saturated rings. The summed E-state index contributed by atoms with van der Waals surface area (Å²) >= 11 is 0. The third-order valence-corrected chi connectivity index (χ3v) is 4.17. The third kappa shape index (κ3) is 3.91. The first-order chi connectivity index (χ1) is 13.0. The van der Waals surface area contributed by atoms with Gasteiger partial charge in [0.1, 0.15) is 11.5 Å². The maximum Gasteiger partial charge on any atom is 0.165 e. The lowest BCUT2D eigenvalue weighted by Gasteiger charge is -2.16. The predicted molar refractivity (Wildman–Crippen MR) is 100 cm³/mol. The molecule has 134 valence electrons. The summed E-state index contributed by atoms with van der Waals surface area (Å²) in [7, 11) is 0. The van der Waals surface area contributed by atoms with Crippen molar-refractivity contribution < 1.29 is 19.7 Å². The third-order valence-electron chi connectivity index (χ3n) is 4.17. The molecule has 0 unspecified atom stereocenters. The van der Waals surface area contributed by atoms with Gasteiger partial charge >= 0.3 is 0 Å². The van der Waals surface area contributed by atoms with Gasteiger partial charge in [0.25, 0.3) is 0 Å². The molecule has 3 rings (SSSR count). The Hall–Kier alpha value is -3.78. The molecule has 0 aromatic heterocycles. The molecule has 5 heteroatoms. The van der Waals surface area contributed by atoms with E-state index in [0.29, 0.717) is 16.7 Å². The number of allylic oxidation sites excluding steroid dienone is 1. The van der Waals surface area contributed by atoms with Gasteiger partial charge in [0.05, 0.1) is 12.5 Å². The van der Waals surface area contributed by atoms with E-state index in [1.807, 2.05) is 0 Å². The Morgan fingerprint density at radius 2 is 1.26 bits per heavy atom. The number of benzene rings is 3. The van der Waals surface area contributed by atoms with E-state index in [1.165, 1.54) is 36.4 Å². The second kappa shape index (κ2) is 7.63. The first-order valence-corrected chi connectivity index (χ1v) is 8.17. The molecular formula is C22H16FNO3. The molecule has 0 aliphatic carbocycles. The van der Waals surface area contributed by atoms with Crippen molar-refractivity contribution in [3.63, 3.8) is 0 Å². The Kier molecular flexibility index (Phi) is 5.09. The van der Waals surface area contributed by atoms with Crippen LogP contribution in [-0.2, 0) is 0 Å². The molecule has 3 N–H and O–H groups in total. The van der Waals surface area contributed by atoms with Crippen LogP contribution in [0.1, 0.15) is 23.1 Å². The molecule has 4 nitrogen and oxygen atoms in total. The van der Waals surface area contributed by atoms with Crippen LogP contribution in [0.15, 0.2) is 66.7 Å². The number of halogens is 1. The molecular weight excluding hydrogens is 345 g/mol. The number of nitrogens with zero attached hydrogens (tertiary/aromatic N) is 1. The smallest absolute Gasteiger partial charge is 0.165 e. The maximum atomic E-state index is 13.9. The van der Waals surface area contributed by atoms with Crippen molar-refractivity contribution in [2.24, 2.45) is 0 Å². The van der Waals surface area contributed by atoms with Crippen molar-refractivity contribution >= 4 is 11.1 Å². The lowest BCUT2D eigenvalue weighted by Crippen LogP contribution is -1.96. The fraction of sp³-hybridized carbons (Fsp3) is 0.0455. The van der Waals surface area contributed by atoms with Gasteiger partial charge in [-0.3, -0.25) is 0 Å². The van der Waals surface area contributed by atoms with Gasteiger partial charge in [0, 0.05) is 0 Å². The minimum absolute atomic E-state index is 0.00129. The summed E-state index contributed by atoms with van der Waals surface area (Å²) in [6.45, 7) is 0. The molecule has 0 saturated heterocycles. The Bertz CT molecular complexity index is 985. The minimum atomic E-state index is -0.779. The van der Waals surface area contributed by atoms with Gasteiger partial charge in [0.2, 0.25) is 0 Å². The number of aromatic hydroxyl groups is 3. The second-order valence-corrected chi connectivity index (χ2v) is 5.95. The normalized spacial score (nSPS) is 10.2. The molecule has 0 atom stereocenters. The van der Waals surface area contributed by atoms with Gasteiger partial charge in [-0.2, -0.15) is 5.26 Å². The van der Waals surface area contributed by atoms with Crippen molar-refractivity contribution in [3.05, 3.63) is 89.2 Å². The van der Waals surface area contributed by atoms with E-state index in [-0.39, 0.29) is 17.9 Å². The molecule has 0 amide bonds. The molecule has 3 aromatic carbocycles. The van der Waals surface area contributed by atoms with Crippen molar-refractivity contribution in [3.8, 4) is 23.3 Å². The average Bonchev–Trinajstić information content (AvgIpc) is 2.66. The van der Waals surface area contributed by atoms with Crippen LogP contribution in [0.4, 0.5) is 4.39 Å². The van der Waals surface area contributed by atoms with Crippen molar-refractivity contribution in [2.75, 3.05) is 0 Å². The summed E-state index contributed by atoms with van der Waals surface area (Å²) < 4.78 is 13.9. The Morgan fingerprint density at radius 3 is 1.70 bits per heavy atom. The molecule has 0 aliphatic rings. The maximum absolute atomic E-state index is 13.9. The largest absolute Gasteiger partial charge is 0.508 e. The van der Waals surface area contributed by atoms with Crippen LogP contribution in [0.5, 0.6) is 17.2 Å². The van der Waals surface area contributed by atoms with Crippen LogP contribution >= 0.6 is 0 Å². The zero-order chi connectivity index (χ0) is 19.4. The zero-order valence-corrected chi connectivity index (χ0v) is 14.2. The van der Waals surface area contributed by atoms with E-state index >= 15 is 0 Å². The van der Waals surface area contributed by atoms with Crippen LogP contribution in [0, 0.1) is 17.1 Å². The van der Waals surface area contributed by atoms with E-state index < -0.39 is 11.6 Å². The van der Waals surface area contributed by atoms with Gasteiger partial charge in [-0.1, -0.05) is 30.3 Å². The number of nitriles is 1. The van der Waals surface area contributed by atoms with Crippen LogP contribution < -0.4 is 0 Å². The first kappa shape index (κ1) is 18.0. The van der Waals surface area contributed by atoms with Crippen molar-refractivity contribution in [1.29, 1.82) is 5.26 Å². The van der Waals surface area contributed by atoms with E-state index in [4.69, 9.17) is 0 Å². The summed E-state index contributed by atoms with van der Waals surface area (Å²) in [6, 6.07) is 19.0. The summed E-state index contributed by atoms with van der Waals surface area (Å²) in [5, 5.41) is 38.0. The van der Waals surface area contributed by atoms with Gasteiger partial charge < -0.3 is 15.3 Å². The highest BCUT2D eigenvalue weighted by Crippen LogP contribution is 2.36. The predicted octanol–water partition coefficient (Wildman–Crippen LogP) is 4.82. The van der Waals surface area contributed by atoms with E-state index in [2.05, 4.69) is 6.07 Å². The summed E-state index contributed by atoms with van der Waals surface area (Å²) in [5.74, 6) is -1.05. The highest BCUT2D eigenvalue weighted by molar-refractivity contribution is 5.99. The average molecular weight is 361 g/mol. The number of phenols is 3. The summed E-state index contributed by atoms with van der Waals surface area (Å²) in [4.78, 5) is 0. The van der Waals surface area contributed by atoms with Gasteiger partial charge in [-0.05, 0) is 64.2 Å². The van der Waals surface area contributed by atoms with E-state index in [1.54, 1.807) is 30.3 Å². The minimum Gasteiger partial charge on any atom is -0.508 e. The Labute approximate surface area is 155 Å². The number of hydrogen-bond donors (Lipinski definition) is 3. The standard InChI is InChI=1S/C22H16FNO3/c23-20-13-16(5-10-21(20)27)19(11-12-24)22(14-1-6-17(25)7-2-14)15-3-8-18(26)9-4-15/h1-10,13,25-27H,11H2. The molecule has 0 saturated carbocycles. The molecule has 0 bridgehead atoms. The number of phenolic OH excluding ortho intramolecular Hbond substituents is 3. The fourth-order valence-corrected chi connectivity index (χ4v) is 2.88. The lowest BCUT2D eigenvalue weighted by molar-refractivity contribution is 0.432. The van der Waals surface area contributed by atoms with Gasteiger partial charge in [0.15, 0.2) is 11.6 Å².